The van der Waals surface area contributed by atoms with Crippen molar-refractivity contribution in [2.45, 2.75) is 25.8 Å². The second-order valence-electron chi connectivity index (χ2n) is 4.65. The molecule has 0 saturated heterocycles. The maximum absolute atomic E-state index is 5.75. The molecule has 3 N–H and O–H groups in total. The molecule has 4 heteroatoms. The molecule has 2 rings (SSSR count). The first kappa shape index (κ1) is 14.1. The fourth-order valence-corrected chi connectivity index (χ4v) is 2.64. The van der Waals surface area contributed by atoms with Crippen LogP contribution in [0.15, 0.2) is 41.1 Å². The minimum Gasteiger partial charge on any atom is -0.494 e. The summed E-state index contributed by atoms with van der Waals surface area (Å²) >= 11 is 1.71. The Morgan fingerprint density at radius 1 is 1.37 bits per heavy atom. The van der Waals surface area contributed by atoms with E-state index in [0.717, 1.165) is 18.6 Å². The van der Waals surface area contributed by atoms with Crippen LogP contribution in [-0.4, -0.2) is 12.6 Å². The molecule has 2 aromatic rings. The van der Waals surface area contributed by atoms with Gasteiger partial charge in [0.25, 0.3) is 0 Å². The quantitative estimate of drug-likeness (QED) is 0.604. The summed E-state index contributed by atoms with van der Waals surface area (Å²) in [5, 5.41) is 4.25. The summed E-state index contributed by atoms with van der Waals surface area (Å²) in [5.74, 6) is 6.51. The average molecular weight is 276 g/mol. The van der Waals surface area contributed by atoms with Crippen LogP contribution in [0.1, 0.15) is 17.5 Å². The van der Waals surface area contributed by atoms with Crippen LogP contribution in [0.5, 0.6) is 5.75 Å². The summed E-state index contributed by atoms with van der Waals surface area (Å²) in [5.41, 5.74) is 5.40. The molecule has 0 spiro atoms. The van der Waals surface area contributed by atoms with Gasteiger partial charge in [-0.2, -0.15) is 11.3 Å². The third kappa shape index (κ3) is 4.67. The summed E-state index contributed by atoms with van der Waals surface area (Å²) < 4.78 is 5.75. The Labute approximate surface area is 118 Å². The molecule has 0 aliphatic heterocycles. The highest BCUT2D eigenvalue weighted by atomic mass is 32.1. The van der Waals surface area contributed by atoms with E-state index in [2.05, 4.69) is 35.2 Å². The van der Waals surface area contributed by atoms with Gasteiger partial charge in [-0.25, -0.2) is 0 Å². The van der Waals surface area contributed by atoms with E-state index in [4.69, 9.17) is 10.6 Å². The van der Waals surface area contributed by atoms with Crippen molar-refractivity contribution in [1.29, 1.82) is 0 Å². The van der Waals surface area contributed by atoms with Gasteiger partial charge in [-0.1, -0.05) is 12.1 Å². The molecule has 1 aromatic heterocycles. The fourth-order valence-electron chi connectivity index (χ4n) is 1.96. The molecule has 1 aromatic carbocycles. The molecule has 19 heavy (non-hydrogen) atoms. The maximum Gasteiger partial charge on any atom is 0.119 e. The number of hydrogen-bond donors (Lipinski definition) is 2. The number of ether oxygens (including phenoxy) is 1. The normalized spacial score (nSPS) is 12.3. The van der Waals surface area contributed by atoms with Crippen molar-refractivity contribution in [3.05, 3.63) is 52.2 Å². The van der Waals surface area contributed by atoms with Gasteiger partial charge in [0.2, 0.25) is 0 Å². The molecule has 3 nitrogen and oxygen atoms in total. The molecular formula is C15H20N2OS. The molecule has 1 atom stereocenters. The Balaban J connectivity index is 1.77. The van der Waals surface area contributed by atoms with E-state index in [9.17, 15) is 0 Å². The Hall–Kier alpha value is -1.36. The van der Waals surface area contributed by atoms with E-state index in [1.54, 1.807) is 11.3 Å². The zero-order chi connectivity index (χ0) is 13.5. The standard InChI is InChI=1S/C15H20N2OS/c1-12-3-2-4-15(9-12)18-7-5-14(17-16)10-13-6-8-19-11-13/h2-4,6,8-9,11,14,17H,5,7,10,16H2,1H3. The SMILES string of the molecule is Cc1cccc(OCCC(Cc2ccsc2)NN)c1. The number of rotatable bonds is 7. The lowest BCUT2D eigenvalue weighted by Crippen LogP contribution is -2.37. The van der Waals surface area contributed by atoms with Gasteiger partial charge in [0.05, 0.1) is 6.61 Å². The monoisotopic (exact) mass is 276 g/mol. The van der Waals surface area contributed by atoms with Crippen LogP contribution >= 0.6 is 11.3 Å². The van der Waals surface area contributed by atoms with Crippen molar-refractivity contribution in [1.82, 2.24) is 5.43 Å². The minimum absolute atomic E-state index is 0.249. The molecule has 1 unspecified atom stereocenters. The molecule has 0 aliphatic rings. The van der Waals surface area contributed by atoms with E-state index in [-0.39, 0.29) is 6.04 Å². The number of benzene rings is 1. The van der Waals surface area contributed by atoms with Gasteiger partial charge in [-0.05, 0) is 59.9 Å². The van der Waals surface area contributed by atoms with Gasteiger partial charge in [-0.15, -0.1) is 0 Å². The molecule has 1 heterocycles. The van der Waals surface area contributed by atoms with E-state index in [1.807, 2.05) is 18.2 Å². The second-order valence-corrected chi connectivity index (χ2v) is 5.43. The van der Waals surface area contributed by atoms with E-state index in [1.165, 1.54) is 11.1 Å². The van der Waals surface area contributed by atoms with E-state index < -0.39 is 0 Å². The molecule has 0 radical (unpaired) electrons. The Bertz CT molecular complexity index is 485. The predicted molar refractivity (Wildman–Crippen MR) is 80.4 cm³/mol. The fraction of sp³-hybridized carbons (Fsp3) is 0.333. The summed E-state index contributed by atoms with van der Waals surface area (Å²) in [6.07, 6.45) is 1.83. The van der Waals surface area contributed by atoms with Crippen LogP contribution in [0.25, 0.3) is 0 Å². The summed E-state index contributed by atoms with van der Waals surface area (Å²) in [7, 11) is 0. The number of nitrogens with two attached hydrogens (primary N) is 1. The summed E-state index contributed by atoms with van der Waals surface area (Å²) in [6.45, 7) is 2.73. The lowest BCUT2D eigenvalue weighted by molar-refractivity contribution is 0.285. The van der Waals surface area contributed by atoms with Gasteiger partial charge >= 0.3 is 0 Å². The van der Waals surface area contributed by atoms with Crippen molar-refractivity contribution >= 4 is 11.3 Å². The number of hydrogen-bond acceptors (Lipinski definition) is 4. The zero-order valence-corrected chi connectivity index (χ0v) is 12.0. The van der Waals surface area contributed by atoms with Gasteiger partial charge in [0.15, 0.2) is 0 Å². The topological polar surface area (TPSA) is 47.3 Å². The van der Waals surface area contributed by atoms with Crippen LogP contribution in [0.2, 0.25) is 0 Å². The third-order valence-corrected chi connectivity index (χ3v) is 3.75. The molecule has 102 valence electrons. The average Bonchev–Trinajstić information content (AvgIpc) is 2.90. The number of nitrogens with one attached hydrogen (secondary N) is 1. The van der Waals surface area contributed by atoms with Crippen LogP contribution in [0, 0.1) is 6.92 Å². The lowest BCUT2D eigenvalue weighted by Gasteiger charge is -2.15. The summed E-state index contributed by atoms with van der Waals surface area (Å²) in [4.78, 5) is 0. The number of aryl methyl sites for hydroxylation is 1. The Kier molecular flexibility index (Phi) is 5.39. The zero-order valence-electron chi connectivity index (χ0n) is 11.1. The number of hydrazine groups is 1. The van der Waals surface area contributed by atoms with Gasteiger partial charge in [-0.3, -0.25) is 11.3 Å². The highest BCUT2D eigenvalue weighted by Gasteiger charge is 2.08. The molecule has 0 fully saturated rings. The molecular weight excluding hydrogens is 256 g/mol. The van der Waals surface area contributed by atoms with Gasteiger partial charge in [0.1, 0.15) is 5.75 Å². The largest absolute Gasteiger partial charge is 0.494 e. The van der Waals surface area contributed by atoms with Crippen molar-refractivity contribution in [2.24, 2.45) is 5.84 Å². The van der Waals surface area contributed by atoms with Crippen LogP contribution in [-0.2, 0) is 6.42 Å². The Morgan fingerprint density at radius 3 is 2.95 bits per heavy atom. The maximum atomic E-state index is 5.75. The van der Waals surface area contributed by atoms with E-state index >= 15 is 0 Å². The van der Waals surface area contributed by atoms with Crippen molar-refractivity contribution in [2.75, 3.05) is 6.61 Å². The van der Waals surface area contributed by atoms with Crippen molar-refractivity contribution in [3.8, 4) is 5.75 Å². The predicted octanol–water partition coefficient (Wildman–Crippen LogP) is 2.90. The number of thiophene rings is 1. The second kappa shape index (κ2) is 7.28. The van der Waals surface area contributed by atoms with Crippen LogP contribution in [0.3, 0.4) is 0 Å². The smallest absolute Gasteiger partial charge is 0.119 e. The first-order valence-electron chi connectivity index (χ1n) is 6.44. The van der Waals surface area contributed by atoms with Crippen LogP contribution in [0.4, 0.5) is 0 Å². The van der Waals surface area contributed by atoms with Gasteiger partial charge in [0, 0.05) is 6.04 Å². The summed E-state index contributed by atoms with van der Waals surface area (Å²) in [6, 6.07) is 10.5. The van der Waals surface area contributed by atoms with E-state index in [0.29, 0.717) is 6.61 Å². The highest BCUT2D eigenvalue weighted by molar-refractivity contribution is 7.07. The van der Waals surface area contributed by atoms with Gasteiger partial charge < -0.3 is 4.74 Å². The van der Waals surface area contributed by atoms with Crippen molar-refractivity contribution in [3.63, 3.8) is 0 Å². The molecule has 0 aliphatic carbocycles. The lowest BCUT2D eigenvalue weighted by atomic mass is 10.1. The molecule has 0 bridgehead atoms. The molecule has 0 amide bonds. The third-order valence-electron chi connectivity index (χ3n) is 3.02. The molecule has 0 saturated carbocycles. The first-order chi connectivity index (χ1) is 9.28. The highest BCUT2D eigenvalue weighted by Crippen LogP contribution is 2.14. The van der Waals surface area contributed by atoms with Crippen molar-refractivity contribution < 1.29 is 4.74 Å². The first-order valence-corrected chi connectivity index (χ1v) is 7.39. The minimum atomic E-state index is 0.249. The Morgan fingerprint density at radius 2 is 2.26 bits per heavy atom. The van der Waals surface area contributed by atoms with Crippen LogP contribution < -0.4 is 16.0 Å².